The molecule has 1 heterocycles. The van der Waals surface area contributed by atoms with E-state index in [2.05, 4.69) is 60.8 Å². The zero-order valence-corrected chi connectivity index (χ0v) is 11.2. The summed E-state index contributed by atoms with van der Waals surface area (Å²) < 4.78 is 5.89. The molecule has 0 aromatic heterocycles. The van der Waals surface area contributed by atoms with Crippen LogP contribution in [0.5, 0.6) is 0 Å². The van der Waals surface area contributed by atoms with Gasteiger partial charge in [-0.15, -0.1) is 0 Å². The molecule has 1 aliphatic heterocycles. The highest BCUT2D eigenvalue weighted by molar-refractivity contribution is 5.46. The molecule has 1 unspecified atom stereocenters. The standard InChI is InChI=1S/C17H19NO/c1-13-5-4-7-15(11-13)18-12-17-16-8-3-2-6-14(16)9-10-19-17/h2-8,11,17-18H,9-10,12H2,1H3. The molecular formula is C17H19NO. The number of fused-ring (bicyclic) bond motifs is 1. The minimum Gasteiger partial charge on any atom is -0.382 e. The van der Waals surface area contributed by atoms with Crippen LogP contribution in [0.1, 0.15) is 22.8 Å². The average molecular weight is 253 g/mol. The highest BCUT2D eigenvalue weighted by atomic mass is 16.5. The van der Waals surface area contributed by atoms with Gasteiger partial charge in [0.2, 0.25) is 0 Å². The smallest absolute Gasteiger partial charge is 0.0999 e. The Morgan fingerprint density at radius 3 is 2.95 bits per heavy atom. The Kier molecular flexibility index (Phi) is 3.51. The number of anilines is 1. The largest absolute Gasteiger partial charge is 0.382 e. The molecule has 3 rings (SSSR count). The van der Waals surface area contributed by atoms with Gasteiger partial charge < -0.3 is 10.1 Å². The fourth-order valence-electron chi connectivity index (χ4n) is 2.61. The SMILES string of the molecule is Cc1cccc(NCC2OCCc3ccccc32)c1. The molecule has 0 saturated carbocycles. The summed E-state index contributed by atoms with van der Waals surface area (Å²) in [7, 11) is 0. The predicted octanol–water partition coefficient (Wildman–Crippen LogP) is 3.72. The highest BCUT2D eigenvalue weighted by Crippen LogP contribution is 2.27. The van der Waals surface area contributed by atoms with Gasteiger partial charge >= 0.3 is 0 Å². The van der Waals surface area contributed by atoms with E-state index in [0.29, 0.717) is 0 Å². The third-order valence-corrected chi connectivity index (χ3v) is 3.60. The van der Waals surface area contributed by atoms with Crippen LogP contribution in [-0.2, 0) is 11.2 Å². The van der Waals surface area contributed by atoms with Crippen LogP contribution in [0.3, 0.4) is 0 Å². The summed E-state index contributed by atoms with van der Waals surface area (Å²) in [5, 5.41) is 3.47. The molecule has 0 amide bonds. The predicted molar refractivity (Wildman–Crippen MR) is 78.5 cm³/mol. The van der Waals surface area contributed by atoms with Crippen molar-refractivity contribution < 1.29 is 4.74 Å². The lowest BCUT2D eigenvalue weighted by Crippen LogP contribution is -2.22. The van der Waals surface area contributed by atoms with Crippen molar-refractivity contribution in [2.45, 2.75) is 19.4 Å². The van der Waals surface area contributed by atoms with Gasteiger partial charge in [0.25, 0.3) is 0 Å². The molecule has 0 fully saturated rings. The molecule has 0 bridgehead atoms. The Morgan fingerprint density at radius 2 is 2.05 bits per heavy atom. The van der Waals surface area contributed by atoms with Crippen LogP contribution in [0.4, 0.5) is 5.69 Å². The van der Waals surface area contributed by atoms with E-state index in [1.165, 1.54) is 16.7 Å². The zero-order chi connectivity index (χ0) is 13.1. The van der Waals surface area contributed by atoms with Crippen molar-refractivity contribution in [2.75, 3.05) is 18.5 Å². The summed E-state index contributed by atoms with van der Waals surface area (Å²) >= 11 is 0. The lowest BCUT2D eigenvalue weighted by atomic mass is 9.97. The number of rotatable bonds is 3. The maximum atomic E-state index is 5.89. The number of hydrogen-bond acceptors (Lipinski definition) is 2. The minimum absolute atomic E-state index is 0.158. The summed E-state index contributed by atoms with van der Waals surface area (Å²) in [6.07, 6.45) is 1.18. The molecule has 2 aromatic carbocycles. The summed E-state index contributed by atoms with van der Waals surface area (Å²) in [5.41, 5.74) is 5.18. The lowest BCUT2D eigenvalue weighted by molar-refractivity contribution is 0.0513. The Bertz CT molecular complexity index is 565. The molecule has 98 valence electrons. The van der Waals surface area contributed by atoms with E-state index in [9.17, 15) is 0 Å². The quantitative estimate of drug-likeness (QED) is 0.900. The van der Waals surface area contributed by atoms with E-state index in [0.717, 1.165) is 25.3 Å². The van der Waals surface area contributed by atoms with Crippen molar-refractivity contribution in [3.63, 3.8) is 0 Å². The zero-order valence-electron chi connectivity index (χ0n) is 11.2. The van der Waals surface area contributed by atoms with Crippen molar-refractivity contribution in [2.24, 2.45) is 0 Å². The van der Waals surface area contributed by atoms with E-state index < -0.39 is 0 Å². The van der Waals surface area contributed by atoms with Gasteiger partial charge in [0.05, 0.1) is 12.7 Å². The third kappa shape index (κ3) is 2.79. The number of hydrogen-bond donors (Lipinski definition) is 1. The maximum Gasteiger partial charge on any atom is 0.0999 e. The van der Waals surface area contributed by atoms with Gasteiger partial charge in [0.15, 0.2) is 0 Å². The molecule has 0 radical (unpaired) electrons. The minimum atomic E-state index is 0.158. The van der Waals surface area contributed by atoms with Crippen LogP contribution >= 0.6 is 0 Å². The van der Waals surface area contributed by atoms with E-state index in [4.69, 9.17) is 4.74 Å². The van der Waals surface area contributed by atoms with E-state index in [-0.39, 0.29) is 6.10 Å². The van der Waals surface area contributed by atoms with Crippen molar-refractivity contribution in [1.82, 2.24) is 0 Å². The van der Waals surface area contributed by atoms with Crippen LogP contribution < -0.4 is 5.32 Å². The van der Waals surface area contributed by atoms with Crippen molar-refractivity contribution >= 4 is 5.69 Å². The summed E-state index contributed by atoms with van der Waals surface area (Å²) in [6, 6.07) is 17.0. The van der Waals surface area contributed by atoms with Gasteiger partial charge in [-0.05, 0) is 42.2 Å². The first-order chi connectivity index (χ1) is 9.33. The molecule has 1 aliphatic rings. The maximum absolute atomic E-state index is 5.89. The Balaban J connectivity index is 1.71. The van der Waals surface area contributed by atoms with E-state index in [1.54, 1.807) is 0 Å². The summed E-state index contributed by atoms with van der Waals surface area (Å²) in [6.45, 7) is 3.75. The molecule has 2 nitrogen and oxygen atoms in total. The van der Waals surface area contributed by atoms with Crippen molar-refractivity contribution in [3.05, 3.63) is 65.2 Å². The molecule has 1 N–H and O–H groups in total. The second-order valence-corrected chi connectivity index (χ2v) is 5.06. The number of nitrogens with one attached hydrogen (secondary N) is 1. The van der Waals surface area contributed by atoms with Crippen LogP contribution in [0.25, 0.3) is 0 Å². The van der Waals surface area contributed by atoms with Crippen LogP contribution in [0.15, 0.2) is 48.5 Å². The van der Waals surface area contributed by atoms with Crippen molar-refractivity contribution in [3.8, 4) is 0 Å². The molecule has 2 aromatic rings. The lowest BCUT2D eigenvalue weighted by Gasteiger charge is -2.26. The average Bonchev–Trinajstić information content (AvgIpc) is 2.45. The van der Waals surface area contributed by atoms with Gasteiger partial charge in [-0.3, -0.25) is 0 Å². The molecule has 2 heteroatoms. The fraction of sp³-hybridized carbons (Fsp3) is 0.294. The Morgan fingerprint density at radius 1 is 1.16 bits per heavy atom. The third-order valence-electron chi connectivity index (χ3n) is 3.60. The second kappa shape index (κ2) is 5.45. The normalized spacial score (nSPS) is 17.8. The fourth-order valence-corrected chi connectivity index (χ4v) is 2.61. The topological polar surface area (TPSA) is 21.3 Å². The monoisotopic (exact) mass is 253 g/mol. The van der Waals surface area contributed by atoms with Crippen LogP contribution in [0.2, 0.25) is 0 Å². The van der Waals surface area contributed by atoms with Crippen LogP contribution in [-0.4, -0.2) is 13.2 Å². The summed E-state index contributed by atoms with van der Waals surface area (Å²) in [4.78, 5) is 0. The Labute approximate surface area is 114 Å². The number of aryl methyl sites for hydroxylation is 1. The van der Waals surface area contributed by atoms with Gasteiger partial charge in [-0.25, -0.2) is 0 Å². The van der Waals surface area contributed by atoms with E-state index in [1.807, 2.05) is 0 Å². The first kappa shape index (κ1) is 12.2. The molecule has 1 atom stereocenters. The van der Waals surface area contributed by atoms with Gasteiger partial charge in [-0.2, -0.15) is 0 Å². The molecule has 0 aliphatic carbocycles. The van der Waals surface area contributed by atoms with Crippen molar-refractivity contribution in [1.29, 1.82) is 0 Å². The Hall–Kier alpha value is -1.80. The number of ether oxygens (including phenoxy) is 1. The molecule has 0 spiro atoms. The second-order valence-electron chi connectivity index (χ2n) is 5.06. The molecule has 0 saturated heterocycles. The molecular weight excluding hydrogens is 234 g/mol. The van der Waals surface area contributed by atoms with E-state index >= 15 is 0 Å². The molecule has 19 heavy (non-hydrogen) atoms. The van der Waals surface area contributed by atoms with Gasteiger partial charge in [-0.1, -0.05) is 36.4 Å². The van der Waals surface area contributed by atoms with Gasteiger partial charge in [0.1, 0.15) is 0 Å². The van der Waals surface area contributed by atoms with Gasteiger partial charge in [0, 0.05) is 12.2 Å². The first-order valence-electron chi connectivity index (χ1n) is 6.83. The van der Waals surface area contributed by atoms with Crippen LogP contribution in [0, 0.1) is 6.92 Å². The number of benzene rings is 2. The highest BCUT2D eigenvalue weighted by Gasteiger charge is 2.19. The summed E-state index contributed by atoms with van der Waals surface area (Å²) in [5.74, 6) is 0. The first-order valence-corrected chi connectivity index (χ1v) is 6.83.